The molecule has 39 heavy (non-hydrogen) atoms. The van der Waals surface area contributed by atoms with Gasteiger partial charge in [-0.1, -0.05) is 18.6 Å². The van der Waals surface area contributed by atoms with Gasteiger partial charge in [0.2, 0.25) is 0 Å². The van der Waals surface area contributed by atoms with Gasteiger partial charge in [0.15, 0.2) is 0 Å². The van der Waals surface area contributed by atoms with Crippen LogP contribution in [0.2, 0.25) is 0 Å². The molecular weight excluding hydrogens is 490 g/mol. The molecule has 2 aromatic carbocycles. The van der Waals surface area contributed by atoms with Gasteiger partial charge < -0.3 is 19.7 Å². The Morgan fingerprint density at radius 1 is 1.10 bits per heavy atom. The lowest BCUT2D eigenvalue weighted by Gasteiger charge is -2.52. The monoisotopic (exact) mass is 529 g/mol. The number of aliphatic carboxylic acids is 1. The van der Waals surface area contributed by atoms with Crippen molar-refractivity contribution in [3.05, 3.63) is 64.8 Å². The Bertz CT molecular complexity index is 1370. The molecule has 1 amide bonds. The SMILES string of the molecule is COc1cc(C)c2[nH]ccc2c1CN1CCC2(CCC2)C[C@H]1c1ccc(C(=O)N2CCC[C@H]2CC(=O)O)cc1. The third-order valence-corrected chi connectivity index (χ3v) is 9.69. The maximum absolute atomic E-state index is 13.3. The second-order valence-electron chi connectivity index (χ2n) is 11.9. The van der Waals surface area contributed by atoms with E-state index in [1.165, 1.54) is 53.3 Å². The van der Waals surface area contributed by atoms with E-state index in [1.807, 2.05) is 18.3 Å². The fraction of sp³-hybridized carbons (Fsp3) is 0.500. The highest BCUT2D eigenvalue weighted by Crippen LogP contribution is 2.54. The lowest BCUT2D eigenvalue weighted by Crippen LogP contribution is -2.45. The molecule has 7 heteroatoms. The number of nitrogens with zero attached hydrogens (tertiary/aromatic N) is 2. The number of carboxylic acid groups (broad SMARTS) is 1. The highest BCUT2D eigenvalue weighted by molar-refractivity contribution is 5.95. The number of hydrogen-bond donors (Lipinski definition) is 2. The molecule has 3 aromatic rings. The average molecular weight is 530 g/mol. The molecule has 3 aliphatic rings. The first-order chi connectivity index (χ1) is 18.9. The first kappa shape index (κ1) is 25.9. The number of carbonyl (C=O) groups is 2. The summed E-state index contributed by atoms with van der Waals surface area (Å²) in [6.07, 6.45) is 9.94. The van der Waals surface area contributed by atoms with E-state index in [0.717, 1.165) is 38.1 Å². The van der Waals surface area contributed by atoms with E-state index in [9.17, 15) is 14.7 Å². The summed E-state index contributed by atoms with van der Waals surface area (Å²) >= 11 is 0. The minimum Gasteiger partial charge on any atom is -0.496 e. The smallest absolute Gasteiger partial charge is 0.305 e. The largest absolute Gasteiger partial charge is 0.496 e. The van der Waals surface area contributed by atoms with E-state index in [1.54, 1.807) is 12.0 Å². The molecule has 6 rings (SSSR count). The number of carbonyl (C=O) groups excluding carboxylic acids is 1. The molecule has 3 heterocycles. The number of piperidine rings is 1. The lowest BCUT2D eigenvalue weighted by atomic mass is 9.61. The molecule has 3 fully saturated rings. The van der Waals surface area contributed by atoms with Gasteiger partial charge in [-0.05, 0) is 92.8 Å². The van der Waals surface area contributed by atoms with Crippen molar-refractivity contribution in [1.29, 1.82) is 0 Å². The molecule has 1 aromatic heterocycles. The molecule has 2 saturated heterocycles. The van der Waals surface area contributed by atoms with E-state index in [-0.39, 0.29) is 24.4 Å². The van der Waals surface area contributed by atoms with Crippen LogP contribution in [-0.4, -0.2) is 58.0 Å². The van der Waals surface area contributed by atoms with E-state index < -0.39 is 5.97 Å². The molecule has 2 atom stereocenters. The second-order valence-corrected chi connectivity index (χ2v) is 11.9. The number of methoxy groups -OCH3 is 1. The molecule has 206 valence electrons. The fourth-order valence-electron chi connectivity index (χ4n) is 7.34. The number of nitrogens with one attached hydrogen (secondary N) is 1. The Morgan fingerprint density at radius 2 is 1.90 bits per heavy atom. The van der Waals surface area contributed by atoms with Gasteiger partial charge in [-0.2, -0.15) is 0 Å². The summed E-state index contributed by atoms with van der Waals surface area (Å²) in [5.74, 6) is 0.0322. The molecular formula is C32H39N3O4. The van der Waals surface area contributed by atoms with Crippen molar-refractivity contribution in [2.24, 2.45) is 5.41 Å². The Labute approximate surface area is 230 Å². The minimum absolute atomic E-state index is 0.0137. The summed E-state index contributed by atoms with van der Waals surface area (Å²) in [6.45, 7) is 4.59. The number of fused-ring (bicyclic) bond motifs is 1. The van der Waals surface area contributed by atoms with E-state index in [2.05, 4.69) is 41.1 Å². The quantitative estimate of drug-likeness (QED) is 0.388. The normalized spacial score (nSPS) is 22.8. The number of aromatic amines is 1. The second kappa shape index (κ2) is 10.3. The summed E-state index contributed by atoms with van der Waals surface area (Å²) in [6, 6.07) is 12.5. The van der Waals surface area contributed by atoms with Crippen LogP contribution in [0.25, 0.3) is 10.9 Å². The predicted molar refractivity (Wildman–Crippen MR) is 151 cm³/mol. The van der Waals surface area contributed by atoms with E-state index in [0.29, 0.717) is 17.5 Å². The molecule has 0 bridgehead atoms. The standard InChI is InChI=1S/C32H39N3O4/c1-21-17-28(39-2)26(25-10-14-33-30(21)25)20-34-16-13-32(11-4-12-32)19-27(34)22-6-8-23(9-7-22)31(38)35-15-3-5-24(35)18-29(36)37/h6-10,14,17,24,27,33H,3-5,11-13,15-16,18-20H2,1-2H3,(H,36,37)/t24-,27-/m0/s1. The van der Waals surface area contributed by atoms with Crippen molar-refractivity contribution in [2.75, 3.05) is 20.2 Å². The third kappa shape index (κ3) is 4.82. The summed E-state index contributed by atoms with van der Waals surface area (Å²) in [7, 11) is 1.75. The Hall–Kier alpha value is -3.32. The molecule has 2 aliphatic heterocycles. The predicted octanol–water partition coefficient (Wildman–Crippen LogP) is 6.07. The van der Waals surface area contributed by atoms with Gasteiger partial charge in [0, 0.05) is 53.4 Å². The lowest BCUT2D eigenvalue weighted by molar-refractivity contribution is -0.137. The third-order valence-electron chi connectivity index (χ3n) is 9.69. The average Bonchev–Trinajstić information content (AvgIpc) is 3.59. The summed E-state index contributed by atoms with van der Waals surface area (Å²) in [4.78, 5) is 32.3. The highest BCUT2D eigenvalue weighted by Gasteiger charge is 2.44. The number of amides is 1. The van der Waals surface area contributed by atoms with Crippen LogP contribution in [0.1, 0.15) is 84.5 Å². The first-order valence-corrected chi connectivity index (χ1v) is 14.4. The molecule has 1 spiro atoms. The summed E-state index contributed by atoms with van der Waals surface area (Å²) < 4.78 is 5.86. The summed E-state index contributed by atoms with van der Waals surface area (Å²) in [5.41, 5.74) is 5.90. The number of carboxylic acids is 1. The van der Waals surface area contributed by atoms with Crippen LogP contribution in [0.3, 0.4) is 0 Å². The van der Waals surface area contributed by atoms with Crippen LogP contribution >= 0.6 is 0 Å². The van der Waals surface area contributed by atoms with Crippen molar-refractivity contribution < 1.29 is 19.4 Å². The minimum atomic E-state index is -0.848. The van der Waals surface area contributed by atoms with Crippen molar-refractivity contribution in [3.8, 4) is 5.75 Å². The molecule has 7 nitrogen and oxygen atoms in total. The van der Waals surface area contributed by atoms with Crippen molar-refractivity contribution in [2.45, 2.75) is 76.9 Å². The van der Waals surface area contributed by atoms with Gasteiger partial charge in [0.25, 0.3) is 5.91 Å². The van der Waals surface area contributed by atoms with Gasteiger partial charge in [-0.3, -0.25) is 14.5 Å². The Kier molecular flexibility index (Phi) is 6.88. The Balaban J connectivity index is 1.27. The summed E-state index contributed by atoms with van der Waals surface area (Å²) in [5, 5.41) is 10.5. The van der Waals surface area contributed by atoms with Crippen LogP contribution in [0.15, 0.2) is 42.6 Å². The number of benzene rings is 2. The van der Waals surface area contributed by atoms with E-state index in [4.69, 9.17) is 4.74 Å². The maximum Gasteiger partial charge on any atom is 0.305 e. The van der Waals surface area contributed by atoms with Crippen LogP contribution in [0.5, 0.6) is 5.75 Å². The molecule has 0 unspecified atom stereocenters. The van der Waals surface area contributed by atoms with Gasteiger partial charge in [0.1, 0.15) is 5.75 Å². The number of hydrogen-bond acceptors (Lipinski definition) is 4. The molecule has 1 saturated carbocycles. The molecule has 0 radical (unpaired) electrons. The number of ether oxygens (including phenoxy) is 1. The molecule has 2 N–H and O–H groups in total. The fourth-order valence-corrected chi connectivity index (χ4v) is 7.34. The van der Waals surface area contributed by atoms with Gasteiger partial charge >= 0.3 is 5.97 Å². The van der Waals surface area contributed by atoms with Crippen molar-refractivity contribution in [3.63, 3.8) is 0 Å². The van der Waals surface area contributed by atoms with E-state index >= 15 is 0 Å². The maximum atomic E-state index is 13.3. The van der Waals surface area contributed by atoms with Gasteiger partial charge in [0.05, 0.1) is 13.5 Å². The topological polar surface area (TPSA) is 85.9 Å². The van der Waals surface area contributed by atoms with Crippen molar-refractivity contribution >= 4 is 22.8 Å². The van der Waals surface area contributed by atoms with Crippen LogP contribution in [0, 0.1) is 12.3 Å². The number of aromatic nitrogens is 1. The number of rotatable bonds is 7. The van der Waals surface area contributed by atoms with Crippen molar-refractivity contribution in [1.82, 2.24) is 14.8 Å². The zero-order chi connectivity index (χ0) is 27.1. The highest BCUT2D eigenvalue weighted by atomic mass is 16.5. The number of aryl methyl sites for hydroxylation is 1. The van der Waals surface area contributed by atoms with Gasteiger partial charge in [-0.25, -0.2) is 0 Å². The Morgan fingerprint density at radius 3 is 2.59 bits per heavy atom. The molecule has 1 aliphatic carbocycles. The van der Waals surface area contributed by atoms with Gasteiger partial charge in [-0.15, -0.1) is 0 Å². The number of H-pyrrole nitrogens is 1. The van der Waals surface area contributed by atoms with Crippen LogP contribution in [-0.2, 0) is 11.3 Å². The zero-order valence-electron chi connectivity index (χ0n) is 23.0. The number of likely N-dealkylation sites (tertiary alicyclic amines) is 2. The zero-order valence-corrected chi connectivity index (χ0v) is 23.0. The first-order valence-electron chi connectivity index (χ1n) is 14.4. The van der Waals surface area contributed by atoms with Crippen LogP contribution in [0.4, 0.5) is 0 Å². The van der Waals surface area contributed by atoms with Crippen LogP contribution < -0.4 is 4.74 Å².